The SMILES string of the molecule is CN(C)Cc1ccc(CSCCNc2nc(N)nn2C)o1.O=C(O)C(=O)O. The number of rotatable bonds is 8. The molecule has 0 saturated carbocycles. The van der Waals surface area contributed by atoms with Gasteiger partial charge in [0.15, 0.2) is 0 Å². The first-order chi connectivity index (χ1) is 12.7. The topological polar surface area (TPSA) is 160 Å². The Hall–Kier alpha value is -2.73. The predicted molar refractivity (Wildman–Crippen MR) is 101 cm³/mol. The molecular weight excluding hydrogens is 376 g/mol. The molecule has 27 heavy (non-hydrogen) atoms. The molecule has 2 aromatic rings. The van der Waals surface area contributed by atoms with Crippen LogP contribution in [0.5, 0.6) is 0 Å². The molecule has 0 amide bonds. The van der Waals surface area contributed by atoms with Crippen molar-refractivity contribution in [3.63, 3.8) is 0 Å². The van der Waals surface area contributed by atoms with E-state index in [1.807, 2.05) is 45.0 Å². The molecule has 0 saturated heterocycles. The van der Waals surface area contributed by atoms with E-state index in [-0.39, 0.29) is 5.95 Å². The van der Waals surface area contributed by atoms with Gasteiger partial charge < -0.3 is 30.6 Å². The van der Waals surface area contributed by atoms with Gasteiger partial charge in [0, 0.05) is 19.3 Å². The summed E-state index contributed by atoms with van der Waals surface area (Å²) in [5.41, 5.74) is 5.52. The molecule has 2 heterocycles. The van der Waals surface area contributed by atoms with Gasteiger partial charge in [0.2, 0.25) is 11.9 Å². The van der Waals surface area contributed by atoms with Crippen molar-refractivity contribution in [1.29, 1.82) is 0 Å². The molecule has 0 aliphatic rings. The van der Waals surface area contributed by atoms with Crippen LogP contribution in [0.1, 0.15) is 11.5 Å². The van der Waals surface area contributed by atoms with Crippen LogP contribution in [0, 0.1) is 0 Å². The van der Waals surface area contributed by atoms with Crippen LogP contribution in [0.4, 0.5) is 11.9 Å². The lowest BCUT2D eigenvalue weighted by Gasteiger charge is -2.06. The average molecular weight is 400 g/mol. The van der Waals surface area contributed by atoms with Crippen molar-refractivity contribution in [2.45, 2.75) is 12.3 Å². The van der Waals surface area contributed by atoms with Crippen molar-refractivity contribution in [3.8, 4) is 0 Å². The lowest BCUT2D eigenvalue weighted by atomic mass is 10.4. The molecule has 5 N–H and O–H groups in total. The standard InChI is InChI=1S/C13H22N6OS.C2H2O4/c1-18(2)8-10-4-5-11(20-10)9-21-7-6-15-13-16-12(14)17-19(13)3;3-1(4)2(5)6/h4-5H,6-9H2,1-3H3,(H3,14,15,16,17);(H,3,4)(H,5,6). The van der Waals surface area contributed by atoms with E-state index in [0.29, 0.717) is 5.95 Å². The van der Waals surface area contributed by atoms with Gasteiger partial charge in [-0.2, -0.15) is 16.7 Å². The van der Waals surface area contributed by atoms with Gasteiger partial charge in [-0.3, -0.25) is 0 Å². The fourth-order valence-corrected chi connectivity index (χ4v) is 2.61. The molecule has 11 nitrogen and oxygen atoms in total. The molecule has 150 valence electrons. The number of hydrogen-bond acceptors (Lipinski definition) is 9. The van der Waals surface area contributed by atoms with Crippen molar-refractivity contribution >= 4 is 35.6 Å². The highest BCUT2D eigenvalue weighted by molar-refractivity contribution is 7.98. The second-order valence-corrected chi connectivity index (χ2v) is 6.72. The van der Waals surface area contributed by atoms with Crippen molar-refractivity contribution in [3.05, 3.63) is 23.7 Å². The molecule has 0 bridgehead atoms. The van der Waals surface area contributed by atoms with Crippen LogP contribution < -0.4 is 11.1 Å². The normalized spacial score (nSPS) is 10.4. The summed E-state index contributed by atoms with van der Waals surface area (Å²) in [4.78, 5) is 24.4. The van der Waals surface area contributed by atoms with Gasteiger partial charge in [0.1, 0.15) is 11.5 Å². The molecule has 0 spiro atoms. The van der Waals surface area contributed by atoms with E-state index in [1.54, 1.807) is 4.68 Å². The number of carboxylic acids is 2. The van der Waals surface area contributed by atoms with E-state index in [2.05, 4.69) is 20.3 Å². The number of aliphatic carboxylic acids is 2. The van der Waals surface area contributed by atoms with Crippen molar-refractivity contribution < 1.29 is 24.2 Å². The lowest BCUT2D eigenvalue weighted by molar-refractivity contribution is -0.159. The predicted octanol–water partition coefficient (Wildman–Crippen LogP) is 0.553. The van der Waals surface area contributed by atoms with E-state index < -0.39 is 11.9 Å². The summed E-state index contributed by atoms with van der Waals surface area (Å²) in [6.45, 7) is 1.64. The zero-order chi connectivity index (χ0) is 20.4. The van der Waals surface area contributed by atoms with E-state index >= 15 is 0 Å². The van der Waals surface area contributed by atoms with E-state index in [9.17, 15) is 0 Å². The maximum absolute atomic E-state index is 9.10. The molecule has 2 rings (SSSR count). The van der Waals surface area contributed by atoms with Crippen LogP contribution >= 0.6 is 11.8 Å². The van der Waals surface area contributed by atoms with Crippen LogP contribution in [0.25, 0.3) is 0 Å². The molecule has 0 aliphatic heterocycles. The molecular formula is C15H24N6O5S. The fraction of sp³-hybridized carbons (Fsp3) is 0.467. The highest BCUT2D eigenvalue weighted by Crippen LogP contribution is 2.16. The van der Waals surface area contributed by atoms with Gasteiger partial charge in [0.25, 0.3) is 0 Å². The number of hydrogen-bond donors (Lipinski definition) is 4. The minimum atomic E-state index is -1.82. The monoisotopic (exact) mass is 400 g/mol. The number of nitrogens with zero attached hydrogens (tertiary/aromatic N) is 4. The number of aryl methyl sites for hydroxylation is 1. The number of anilines is 2. The Kier molecular flexibility index (Phi) is 9.16. The Bertz CT molecular complexity index is 733. The summed E-state index contributed by atoms with van der Waals surface area (Å²) in [5, 5.41) is 22.0. The number of nitrogens with one attached hydrogen (secondary N) is 1. The van der Waals surface area contributed by atoms with Gasteiger partial charge in [-0.15, -0.1) is 5.10 Å². The second kappa shape index (κ2) is 11.1. The summed E-state index contributed by atoms with van der Waals surface area (Å²) >= 11 is 1.81. The van der Waals surface area contributed by atoms with Crippen LogP contribution in [0.3, 0.4) is 0 Å². The molecule has 0 aliphatic carbocycles. The summed E-state index contributed by atoms with van der Waals surface area (Å²) in [5.74, 6) is 1.18. The minimum absolute atomic E-state index is 0.289. The van der Waals surface area contributed by atoms with Gasteiger partial charge >= 0.3 is 11.9 Å². The molecule has 0 aromatic carbocycles. The Morgan fingerprint density at radius 3 is 2.44 bits per heavy atom. The van der Waals surface area contributed by atoms with Crippen LogP contribution in [0.2, 0.25) is 0 Å². The van der Waals surface area contributed by atoms with Crippen molar-refractivity contribution in [2.75, 3.05) is 37.4 Å². The molecule has 0 fully saturated rings. The highest BCUT2D eigenvalue weighted by atomic mass is 32.2. The van der Waals surface area contributed by atoms with E-state index in [4.69, 9.17) is 30.0 Å². The third-order valence-corrected chi connectivity index (χ3v) is 3.91. The Labute approximate surface area is 160 Å². The molecule has 0 atom stereocenters. The Morgan fingerprint density at radius 1 is 1.30 bits per heavy atom. The molecule has 0 unspecified atom stereocenters. The average Bonchev–Trinajstić information content (AvgIpc) is 3.13. The number of nitrogen functional groups attached to an aromatic ring is 1. The highest BCUT2D eigenvalue weighted by Gasteiger charge is 2.05. The number of aromatic nitrogens is 3. The number of carbonyl (C=O) groups is 2. The third kappa shape index (κ3) is 8.96. The summed E-state index contributed by atoms with van der Waals surface area (Å²) in [7, 11) is 5.87. The van der Waals surface area contributed by atoms with Gasteiger partial charge in [-0.25, -0.2) is 14.3 Å². The number of nitrogens with two attached hydrogens (primary N) is 1. The molecule has 0 radical (unpaired) electrons. The van der Waals surface area contributed by atoms with E-state index in [0.717, 1.165) is 36.1 Å². The van der Waals surface area contributed by atoms with Crippen molar-refractivity contribution in [1.82, 2.24) is 19.7 Å². The second-order valence-electron chi connectivity index (χ2n) is 5.61. The first-order valence-corrected chi connectivity index (χ1v) is 9.01. The van der Waals surface area contributed by atoms with Gasteiger partial charge in [0.05, 0.1) is 12.3 Å². The maximum atomic E-state index is 9.10. The quantitative estimate of drug-likeness (QED) is 0.362. The Balaban J connectivity index is 0.000000527. The fourth-order valence-electron chi connectivity index (χ4n) is 1.86. The molecule has 12 heteroatoms. The minimum Gasteiger partial charge on any atom is -0.473 e. The zero-order valence-electron chi connectivity index (χ0n) is 15.4. The smallest absolute Gasteiger partial charge is 0.414 e. The van der Waals surface area contributed by atoms with Gasteiger partial charge in [-0.1, -0.05) is 0 Å². The van der Waals surface area contributed by atoms with E-state index in [1.165, 1.54) is 0 Å². The summed E-state index contributed by atoms with van der Waals surface area (Å²) in [6.07, 6.45) is 0. The summed E-state index contributed by atoms with van der Waals surface area (Å²) in [6, 6.07) is 4.08. The van der Waals surface area contributed by atoms with Crippen LogP contribution in [-0.2, 0) is 28.9 Å². The Morgan fingerprint density at radius 2 is 1.93 bits per heavy atom. The van der Waals surface area contributed by atoms with Crippen LogP contribution in [0.15, 0.2) is 16.5 Å². The number of furan rings is 1. The van der Waals surface area contributed by atoms with Gasteiger partial charge in [-0.05, 0) is 26.2 Å². The van der Waals surface area contributed by atoms with Crippen molar-refractivity contribution in [2.24, 2.45) is 7.05 Å². The number of thioether (sulfide) groups is 1. The molecule has 2 aromatic heterocycles. The third-order valence-electron chi connectivity index (χ3n) is 2.93. The first-order valence-electron chi connectivity index (χ1n) is 7.85. The lowest BCUT2D eigenvalue weighted by Crippen LogP contribution is -2.09. The summed E-state index contributed by atoms with van der Waals surface area (Å²) < 4.78 is 7.39. The maximum Gasteiger partial charge on any atom is 0.414 e. The largest absolute Gasteiger partial charge is 0.473 e. The first kappa shape index (κ1) is 22.3. The number of carboxylic acid groups (broad SMARTS) is 2. The zero-order valence-corrected chi connectivity index (χ0v) is 16.2. The van der Waals surface area contributed by atoms with Crippen LogP contribution in [-0.4, -0.2) is 68.2 Å².